The largest absolute Gasteiger partial charge is 0.495 e. The SMILES string of the molecule is CCc1cc(CNc2cc(Cl)nn3c(-c4ccc(OC)c(S(=O)(=O)n5cccn5)c4)c(C)nc23)ccn1. The predicted molar refractivity (Wildman–Crippen MR) is 140 cm³/mol. The molecule has 0 aliphatic carbocycles. The van der Waals surface area contributed by atoms with Gasteiger partial charge in [-0.2, -0.15) is 22.7 Å². The van der Waals surface area contributed by atoms with Gasteiger partial charge in [-0.05, 0) is 55.3 Å². The molecule has 0 unspecified atom stereocenters. The van der Waals surface area contributed by atoms with Crippen LogP contribution in [0.1, 0.15) is 23.9 Å². The maximum absolute atomic E-state index is 13.3. The summed E-state index contributed by atoms with van der Waals surface area (Å²) in [6, 6.07) is 12.2. The van der Waals surface area contributed by atoms with Gasteiger partial charge < -0.3 is 10.1 Å². The van der Waals surface area contributed by atoms with Crippen LogP contribution in [-0.4, -0.2) is 44.3 Å². The number of methoxy groups -OCH3 is 1. The Labute approximate surface area is 219 Å². The van der Waals surface area contributed by atoms with Gasteiger partial charge in [0, 0.05) is 36.3 Å². The van der Waals surface area contributed by atoms with Gasteiger partial charge in [-0.25, -0.2) is 9.50 Å². The normalized spacial score (nSPS) is 11.7. The number of hydrogen-bond acceptors (Lipinski definition) is 8. The fourth-order valence-corrected chi connectivity index (χ4v) is 5.59. The van der Waals surface area contributed by atoms with E-state index in [0.29, 0.717) is 34.8 Å². The lowest BCUT2D eigenvalue weighted by atomic mass is 10.1. The summed E-state index contributed by atoms with van der Waals surface area (Å²) < 4.78 is 34.4. The second-order valence-corrected chi connectivity index (χ2v) is 10.4. The Hall–Kier alpha value is -3.96. The van der Waals surface area contributed by atoms with Gasteiger partial charge in [-0.15, -0.1) is 0 Å². The van der Waals surface area contributed by atoms with Gasteiger partial charge >= 0.3 is 0 Å². The van der Waals surface area contributed by atoms with Crippen LogP contribution in [0.2, 0.25) is 5.15 Å². The molecular formula is C25H24ClN7O3S. The van der Waals surface area contributed by atoms with Crippen LogP contribution in [-0.2, 0) is 23.0 Å². The van der Waals surface area contributed by atoms with E-state index in [9.17, 15) is 8.42 Å². The van der Waals surface area contributed by atoms with Crippen molar-refractivity contribution in [3.63, 3.8) is 0 Å². The average molecular weight is 538 g/mol. The average Bonchev–Trinajstić information content (AvgIpc) is 3.55. The monoisotopic (exact) mass is 537 g/mol. The van der Waals surface area contributed by atoms with Crippen LogP contribution in [0, 0.1) is 6.92 Å². The van der Waals surface area contributed by atoms with Crippen molar-refractivity contribution in [3.05, 3.63) is 83.2 Å². The number of nitrogens with one attached hydrogen (secondary N) is 1. The Morgan fingerprint density at radius 1 is 1.14 bits per heavy atom. The van der Waals surface area contributed by atoms with Gasteiger partial charge in [0.05, 0.1) is 30.4 Å². The minimum absolute atomic E-state index is 0.0321. The van der Waals surface area contributed by atoms with E-state index in [1.165, 1.54) is 31.6 Å². The van der Waals surface area contributed by atoms with Crippen LogP contribution in [0.4, 0.5) is 5.69 Å². The Morgan fingerprint density at radius 3 is 2.70 bits per heavy atom. The molecule has 0 amide bonds. The van der Waals surface area contributed by atoms with Crippen molar-refractivity contribution in [2.24, 2.45) is 0 Å². The fraction of sp³-hybridized carbons (Fsp3) is 0.200. The minimum Gasteiger partial charge on any atom is -0.495 e. The van der Waals surface area contributed by atoms with Crippen LogP contribution in [0.3, 0.4) is 0 Å². The number of halogens is 1. The summed E-state index contributed by atoms with van der Waals surface area (Å²) in [5.74, 6) is 0.197. The molecule has 0 fully saturated rings. The van der Waals surface area contributed by atoms with Crippen molar-refractivity contribution >= 4 is 33.0 Å². The van der Waals surface area contributed by atoms with E-state index in [0.717, 1.165) is 21.8 Å². The summed E-state index contributed by atoms with van der Waals surface area (Å²) in [5.41, 5.74) is 5.19. The molecule has 4 heterocycles. The first kappa shape index (κ1) is 24.7. The molecule has 0 atom stereocenters. The predicted octanol–water partition coefficient (Wildman–Crippen LogP) is 4.37. The van der Waals surface area contributed by atoms with Crippen molar-refractivity contribution in [2.45, 2.75) is 31.7 Å². The zero-order valence-electron chi connectivity index (χ0n) is 20.4. The Balaban J connectivity index is 1.59. The van der Waals surface area contributed by atoms with Crippen LogP contribution in [0.25, 0.3) is 16.9 Å². The molecule has 0 saturated heterocycles. The summed E-state index contributed by atoms with van der Waals surface area (Å²) >= 11 is 6.40. The van der Waals surface area contributed by atoms with E-state index in [1.807, 2.05) is 19.1 Å². The van der Waals surface area contributed by atoms with Crippen molar-refractivity contribution in [1.29, 1.82) is 0 Å². The van der Waals surface area contributed by atoms with Gasteiger partial charge in [0.25, 0.3) is 10.0 Å². The Kier molecular flexibility index (Phi) is 6.57. The third-order valence-electron chi connectivity index (χ3n) is 5.90. The van der Waals surface area contributed by atoms with Gasteiger partial charge in [-0.3, -0.25) is 4.98 Å². The second kappa shape index (κ2) is 9.83. The number of hydrogen-bond donors (Lipinski definition) is 1. The smallest absolute Gasteiger partial charge is 0.286 e. The topological polar surface area (TPSA) is 116 Å². The number of pyridine rings is 1. The molecule has 1 N–H and O–H groups in total. The molecule has 0 radical (unpaired) electrons. The summed E-state index contributed by atoms with van der Waals surface area (Å²) in [4.78, 5) is 9.04. The molecule has 0 spiro atoms. The summed E-state index contributed by atoms with van der Waals surface area (Å²) in [6.45, 7) is 4.44. The summed E-state index contributed by atoms with van der Waals surface area (Å²) in [6.07, 6.45) is 5.41. The first-order chi connectivity index (χ1) is 17.8. The highest BCUT2D eigenvalue weighted by Gasteiger charge is 2.25. The molecule has 4 aromatic heterocycles. The van der Waals surface area contributed by atoms with Gasteiger partial charge in [0.15, 0.2) is 10.8 Å². The van der Waals surface area contributed by atoms with E-state index < -0.39 is 10.0 Å². The van der Waals surface area contributed by atoms with E-state index in [2.05, 4.69) is 27.4 Å². The first-order valence-electron chi connectivity index (χ1n) is 11.5. The Morgan fingerprint density at radius 2 is 1.97 bits per heavy atom. The first-order valence-corrected chi connectivity index (χ1v) is 13.3. The molecule has 0 aliphatic heterocycles. The number of aryl methyl sites for hydroxylation is 2. The number of rotatable bonds is 8. The summed E-state index contributed by atoms with van der Waals surface area (Å²) in [7, 11) is -2.57. The zero-order chi connectivity index (χ0) is 26.2. The highest BCUT2D eigenvalue weighted by Crippen LogP contribution is 2.34. The molecule has 0 bridgehead atoms. The van der Waals surface area contributed by atoms with Crippen LogP contribution in [0.15, 0.2) is 66.0 Å². The lowest BCUT2D eigenvalue weighted by Crippen LogP contribution is -2.14. The van der Waals surface area contributed by atoms with Crippen LogP contribution >= 0.6 is 11.6 Å². The van der Waals surface area contributed by atoms with E-state index in [-0.39, 0.29) is 15.8 Å². The molecule has 5 aromatic rings. The van der Waals surface area contributed by atoms with Crippen molar-refractivity contribution in [2.75, 3.05) is 12.4 Å². The number of imidazole rings is 1. The lowest BCUT2D eigenvalue weighted by Gasteiger charge is -2.12. The van der Waals surface area contributed by atoms with Crippen molar-refractivity contribution in [3.8, 4) is 17.0 Å². The highest BCUT2D eigenvalue weighted by atomic mass is 35.5. The molecular weight excluding hydrogens is 514 g/mol. The third-order valence-corrected chi connectivity index (χ3v) is 7.66. The van der Waals surface area contributed by atoms with E-state index >= 15 is 0 Å². The number of anilines is 1. The number of ether oxygens (including phenoxy) is 1. The maximum Gasteiger partial charge on any atom is 0.286 e. The number of benzene rings is 1. The summed E-state index contributed by atoms with van der Waals surface area (Å²) in [5, 5.41) is 12.0. The highest BCUT2D eigenvalue weighted by molar-refractivity contribution is 7.90. The molecule has 0 saturated carbocycles. The van der Waals surface area contributed by atoms with Gasteiger partial charge in [0.1, 0.15) is 10.6 Å². The van der Waals surface area contributed by atoms with Gasteiger partial charge in [0.2, 0.25) is 0 Å². The maximum atomic E-state index is 13.3. The zero-order valence-corrected chi connectivity index (χ0v) is 22.0. The third kappa shape index (κ3) is 4.63. The number of aromatic nitrogens is 6. The number of nitrogens with zero attached hydrogens (tertiary/aromatic N) is 6. The molecule has 37 heavy (non-hydrogen) atoms. The van der Waals surface area contributed by atoms with Crippen molar-refractivity contribution < 1.29 is 13.2 Å². The molecule has 10 nitrogen and oxygen atoms in total. The quantitative estimate of drug-likeness (QED) is 0.310. The lowest BCUT2D eigenvalue weighted by molar-refractivity contribution is 0.402. The molecule has 5 rings (SSSR count). The molecule has 1 aromatic carbocycles. The molecule has 0 aliphatic rings. The standard InChI is InChI=1S/C25H24ClN7O3S/c1-4-19-12-17(8-10-27-19)15-28-20-14-23(26)31-33-24(16(2)30-25(20)33)18-6-7-21(36-3)22(13-18)37(34,35)32-11-5-9-29-32/h5-14,28H,4,15H2,1-3H3. The minimum atomic E-state index is -3.99. The molecule has 190 valence electrons. The fourth-order valence-electron chi connectivity index (χ4n) is 4.11. The van der Waals surface area contributed by atoms with Crippen molar-refractivity contribution in [1.82, 2.24) is 28.8 Å². The van der Waals surface area contributed by atoms with Crippen LogP contribution in [0.5, 0.6) is 5.75 Å². The van der Waals surface area contributed by atoms with E-state index in [4.69, 9.17) is 21.3 Å². The van der Waals surface area contributed by atoms with Crippen LogP contribution < -0.4 is 10.1 Å². The molecule has 12 heteroatoms. The van der Waals surface area contributed by atoms with Gasteiger partial charge in [-0.1, -0.05) is 18.5 Å². The second-order valence-electron chi connectivity index (χ2n) is 8.27. The number of fused-ring (bicyclic) bond motifs is 1. The Bertz CT molecular complexity index is 1700. The van der Waals surface area contributed by atoms with E-state index in [1.54, 1.807) is 28.9 Å².